The molecule has 0 aromatic heterocycles. The third-order valence-corrected chi connectivity index (χ3v) is 15.7. The summed E-state index contributed by atoms with van der Waals surface area (Å²) in [5, 5.41) is 10.2. The number of aliphatic hydroxyl groups is 1. The summed E-state index contributed by atoms with van der Waals surface area (Å²) in [6.45, 7) is -0.461. The maximum absolute atomic E-state index is 14.6. The number of hydrogen-bond donors (Lipinski definition) is 1. The molecule has 0 fully saturated rings. The molecule has 0 atom stereocenters. The van der Waals surface area contributed by atoms with E-state index in [4.69, 9.17) is 28.4 Å². The molecule has 0 bridgehead atoms. The van der Waals surface area contributed by atoms with Gasteiger partial charge in [0.05, 0.1) is 33.0 Å². The van der Waals surface area contributed by atoms with Gasteiger partial charge in [0.25, 0.3) is 0 Å². The van der Waals surface area contributed by atoms with Gasteiger partial charge in [-0.15, -0.1) is 0 Å². The van der Waals surface area contributed by atoms with Gasteiger partial charge in [-0.1, -0.05) is 64.2 Å². The van der Waals surface area contributed by atoms with Gasteiger partial charge in [0, 0.05) is 42.9 Å². The molecule has 0 saturated carbocycles. The van der Waals surface area contributed by atoms with Crippen LogP contribution in [-0.2, 0) is 19.8 Å². The molecule has 0 spiro atoms. The van der Waals surface area contributed by atoms with Gasteiger partial charge in [-0.3, -0.25) is 0 Å². The molecular formula is C63H72F32O7. The molecule has 0 heterocycles. The lowest BCUT2D eigenvalue weighted by molar-refractivity contribution is -0.440. The van der Waals surface area contributed by atoms with Crippen molar-refractivity contribution >= 4 is 0 Å². The zero-order valence-corrected chi connectivity index (χ0v) is 54.0. The average molecular weight is 1550 g/mol. The van der Waals surface area contributed by atoms with E-state index >= 15 is 0 Å². The highest BCUT2D eigenvalue weighted by atomic mass is 19.4. The first kappa shape index (κ1) is 90.4. The summed E-state index contributed by atoms with van der Waals surface area (Å²) in [4.78, 5) is 0. The van der Waals surface area contributed by atoms with Crippen molar-refractivity contribution in [2.45, 2.75) is 259 Å². The van der Waals surface area contributed by atoms with Gasteiger partial charge in [-0.2, -0.15) is 140 Å². The summed E-state index contributed by atoms with van der Waals surface area (Å²) in [5.74, 6) is -76.0. The van der Waals surface area contributed by atoms with Crippen molar-refractivity contribution in [2.75, 3.05) is 26.4 Å². The highest BCUT2D eigenvalue weighted by Crippen LogP contribution is 2.63. The lowest BCUT2D eigenvalue weighted by Crippen LogP contribution is -2.70. The van der Waals surface area contributed by atoms with Gasteiger partial charge in [-0.25, -0.2) is 0 Å². The Morgan fingerprint density at radius 1 is 0.255 bits per heavy atom. The van der Waals surface area contributed by atoms with Gasteiger partial charge in [0.15, 0.2) is 0 Å². The molecule has 7 nitrogen and oxygen atoms in total. The minimum Gasteiger partial charge on any atom is -0.493 e. The first-order valence-corrected chi connectivity index (χ1v) is 31.3. The van der Waals surface area contributed by atoms with Crippen LogP contribution in [0.3, 0.4) is 0 Å². The molecule has 1 N–H and O–H groups in total. The van der Waals surface area contributed by atoms with Crippen molar-refractivity contribution in [3.05, 3.63) is 70.3 Å². The van der Waals surface area contributed by atoms with Crippen molar-refractivity contribution < 1.29 is 174 Å². The predicted molar refractivity (Wildman–Crippen MR) is 301 cm³/mol. The first-order valence-electron chi connectivity index (χ1n) is 31.3. The third-order valence-electron chi connectivity index (χ3n) is 15.7. The molecule has 0 saturated heterocycles. The number of ether oxygens (including phenoxy) is 6. The summed E-state index contributed by atoms with van der Waals surface area (Å²) in [6.07, 6.45) is -29.5. The van der Waals surface area contributed by atoms with E-state index in [2.05, 4.69) is 0 Å². The van der Waals surface area contributed by atoms with E-state index < -0.39 is 168 Å². The Morgan fingerprint density at radius 3 is 0.745 bits per heavy atom. The molecule has 3 aromatic rings. The monoisotopic (exact) mass is 1550 g/mol. The van der Waals surface area contributed by atoms with Crippen molar-refractivity contribution in [1.82, 2.24) is 0 Å². The molecule has 39 heteroatoms. The van der Waals surface area contributed by atoms with E-state index in [1.165, 1.54) is 56.3 Å². The zero-order chi connectivity index (χ0) is 78.0. The van der Waals surface area contributed by atoms with E-state index in [9.17, 15) is 146 Å². The van der Waals surface area contributed by atoms with E-state index in [1.807, 2.05) is 0 Å². The Hall–Kier alpha value is -5.82. The fourth-order valence-electron chi connectivity index (χ4n) is 9.59. The van der Waals surface area contributed by atoms with Crippen LogP contribution < -0.4 is 28.4 Å². The van der Waals surface area contributed by atoms with E-state index in [-0.39, 0.29) is 88.4 Å². The summed E-state index contributed by atoms with van der Waals surface area (Å²) < 4.78 is 466. The lowest BCUT2D eigenvalue weighted by atomic mass is 9.92. The van der Waals surface area contributed by atoms with E-state index in [1.54, 1.807) is 0 Å². The van der Waals surface area contributed by atoms with Crippen LogP contribution in [0.15, 0.2) is 42.5 Å². The average Bonchev–Trinajstić information content (AvgIpc) is 0.718. The van der Waals surface area contributed by atoms with E-state index in [0.717, 1.165) is 0 Å². The fraction of sp³-hybridized carbons (Fsp3) is 0.714. The SMILES string of the molecule is Cc1c(OCCCCCCCCCC(F)(F)F)cc(COc2cc(CO)cc(OCc3cc(OCCCCCCCCCC(F)(F)F)c(C)c(OCCCCC(F)(F)C(F)(F)C(F)(F)C(F)(F)C(F)(F)C(F)(F)F)c3)c2)cc1OCCCCC(F)(F)C(F)(F)C(F)(F)C(F)(F)C(F)(F)C(F)(F)F. The Morgan fingerprint density at radius 2 is 0.490 bits per heavy atom. The second-order valence-corrected chi connectivity index (χ2v) is 24.0. The third kappa shape index (κ3) is 23.6. The van der Waals surface area contributed by atoms with Gasteiger partial charge < -0.3 is 33.5 Å². The van der Waals surface area contributed by atoms with Gasteiger partial charge in [0.1, 0.15) is 47.7 Å². The van der Waals surface area contributed by atoms with Crippen molar-refractivity contribution in [3.63, 3.8) is 0 Å². The number of aliphatic hydroxyl groups excluding tert-OH is 1. The number of hydrogen-bond acceptors (Lipinski definition) is 7. The summed E-state index contributed by atoms with van der Waals surface area (Å²) in [6, 6.07) is 9.15. The van der Waals surface area contributed by atoms with Crippen LogP contribution in [0.1, 0.15) is 169 Å². The molecule has 0 amide bonds. The Balaban J connectivity index is 1.88. The molecular weight excluding hydrogens is 1480 g/mol. The number of benzene rings is 3. The normalized spacial score (nSPS) is 14.0. The lowest BCUT2D eigenvalue weighted by Gasteiger charge is -2.39. The van der Waals surface area contributed by atoms with E-state index in [0.29, 0.717) is 77.0 Å². The minimum absolute atomic E-state index is 0.0235. The molecule has 102 heavy (non-hydrogen) atoms. The second-order valence-electron chi connectivity index (χ2n) is 24.0. The summed E-state index contributed by atoms with van der Waals surface area (Å²) in [5.41, 5.74) is 0.703. The molecule has 590 valence electrons. The maximum Gasteiger partial charge on any atom is 0.460 e. The predicted octanol–water partition coefficient (Wildman–Crippen LogP) is 23.7. The maximum atomic E-state index is 14.6. The molecule has 0 unspecified atom stereocenters. The fourth-order valence-corrected chi connectivity index (χ4v) is 9.59. The standard InChI is InChI=1S/C63H72F32O7/c1-39-46(97-25-17-11-7-3-5-9-13-23-52(68,69)70)31-42(33-48(39)99-27-19-15-21-50(64,65)54(74,75)56(78,79)58(82,83)60(86,87)62(90,91)92)37-101-44-29-41(36-96)30-45(35-44)102-38-43-32-47(98-26-18-12-8-4-6-10-14-24-53(71,72)73)40(2)49(34-43)100-28-20-16-22-51(66,67)55(76,77)57(80,81)59(84,85)61(88,89)63(93,94)95/h29-35,96H,3-28,36-38H2,1-2H3. The van der Waals surface area contributed by atoms with Crippen LogP contribution in [0.4, 0.5) is 140 Å². The quantitative estimate of drug-likeness (QED) is 0.0446. The number of halogens is 32. The van der Waals surface area contributed by atoms with Crippen molar-refractivity contribution in [1.29, 1.82) is 0 Å². The van der Waals surface area contributed by atoms with Crippen LogP contribution in [0, 0.1) is 13.8 Å². The largest absolute Gasteiger partial charge is 0.493 e. The van der Waals surface area contributed by atoms with Crippen LogP contribution in [-0.4, -0.2) is 115 Å². The van der Waals surface area contributed by atoms with Crippen LogP contribution in [0.25, 0.3) is 0 Å². The molecule has 3 aromatic carbocycles. The number of alkyl halides is 32. The topological polar surface area (TPSA) is 75.6 Å². The Kier molecular flexibility index (Phi) is 31.9. The summed E-state index contributed by atoms with van der Waals surface area (Å²) in [7, 11) is 0. The van der Waals surface area contributed by atoms with Crippen LogP contribution in [0.5, 0.6) is 34.5 Å². The van der Waals surface area contributed by atoms with Gasteiger partial charge >= 0.3 is 83.9 Å². The number of unbranched alkanes of at least 4 members (excludes halogenated alkanes) is 14. The molecule has 0 aliphatic carbocycles. The second kappa shape index (κ2) is 36.0. The molecule has 0 aliphatic rings. The summed E-state index contributed by atoms with van der Waals surface area (Å²) >= 11 is 0. The van der Waals surface area contributed by atoms with Crippen LogP contribution in [0.2, 0.25) is 0 Å². The first-order chi connectivity index (χ1) is 46.5. The van der Waals surface area contributed by atoms with Gasteiger partial charge in [-0.05, 0) is 118 Å². The minimum atomic E-state index is -8.09. The Bertz CT molecular complexity index is 2840. The smallest absolute Gasteiger partial charge is 0.460 e. The zero-order valence-electron chi connectivity index (χ0n) is 54.0. The van der Waals surface area contributed by atoms with Crippen molar-refractivity contribution in [2.24, 2.45) is 0 Å². The highest BCUT2D eigenvalue weighted by molar-refractivity contribution is 5.49. The van der Waals surface area contributed by atoms with Gasteiger partial charge in [0.2, 0.25) is 0 Å². The van der Waals surface area contributed by atoms with Crippen LogP contribution >= 0.6 is 0 Å². The van der Waals surface area contributed by atoms with Crippen molar-refractivity contribution in [3.8, 4) is 34.5 Å². The molecule has 0 radical (unpaired) electrons. The number of rotatable bonds is 47. The molecule has 3 rings (SSSR count). The molecule has 0 aliphatic heterocycles. The highest BCUT2D eigenvalue weighted by Gasteiger charge is 2.92. The Labute approximate surface area is 563 Å².